The third kappa shape index (κ3) is 3.26. The molecule has 1 aromatic heterocycles. The van der Waals surface area contributed by atoms with Crippen molar-refractivity contribution in [3.8, 4) is 0 Å². The average Bonchev–Trinajstić information content (AvgIpc) is 2.70. The molecule has 1 aromatic rings. The average molecular weight is 241 g/mol. The van der Waals surface area contributed by atoms with Gasteiger partial charge in [0.15, 0.2) is 5.69 Å². The van der Waals surface area contributed by atoms with E-state index in [1.54, 1.807) is 4.68 Å². The number of methoxy groups -OCH3 is 1. The van der Waals surface area contributed by atoms with E-state index in [2.05, 4.69) is 24.2 Å². The van der Waals surface area contributed by atoms with Crippen molar-refractivity contribution in [2.75, 3.05) is 7.11 Å². The lowest BCUT2D eigenvalue weighted by atomic mass is 10.0. The summed E-state index contributed by atoms with van der Waals surface area (Å²) in [4.78, 5) is 11.0. The maximum absolute atomic E-state index is 11.0. The van der Waals surface area contributed by atoms with Gasteiger partial charge in [0.1, 0.15) is 0 Å². The smallest absolute Gasteiger partial charge is 0.358 e. The first-order chi connectivity index (χ1) is 8.13. The van der Waals surface area contributed by atoms with Crippen LogP contribution in [-0.4, -0.2) is 33.2 Å². The molecule has 0 saturated carbocycles. The second-order valence-electron chi connectivity index (χ2n) is 3.99. The van der Waals surface area contributed by atoms with Crippen LogP contribution in [0.3, 0.4) is 0 Å². The molecule has 6 heteroatoms. The molecule has 0 saturated heterocycles. The van der Waals surface area contributed by atoms with E-state index in [0.717, 1.165) is 12.8 Å². The molecule has 17 heavy (non-hydrogen) atoms. The van der Waals surface area contributed by atoms with Crippen LogP contribution in [0.25, 0.3) is 0 Å². The maximum Gasteiger partial charge on any atom is 0.358 e. The first-order valence-electron chi connectivity index (χ1n) is 5.78. The van der Waals surface area contributed by atoms with E-state index in [-0.39, 0.29) is 12.3 Å². The molecular formula is C11H19N3O3. The van der Waals surface area contributed by atoms with Crippen molar-refractivity contribution in [1.29, 1.82) is 0 Å². The molecule has 96 valence electrons. The molecule has 0 aliphatic heterocycles. The molecular weight excluding hydrogens is 222 g/mol. The third-order valence-electron chi connectivity index (χ3n) is 2.91. The Kier molecular flexibility index (Phi) is 5.09. The molecule has 0 aliphatic rings. The number of carbonyl (C=O) groups is 1. The standard InChI is InChI=1S/C11H19N3O3/c1-4-8(5-2)6-14-9(7-17-3)10(11(15)16)12-13-14/h8H,4-7H2,1-3H3,(H,15,16). The number of carboxylic acid groups (broad SMARTS) is 1. The first kappa shape index (κ1) is 13.6. The lowest BCUT2D eigenvalue weighted by molar-refractivity contribution is 0.0684. The minimum absolute atomic E-state index is 0.0159. The van der Waals surface area contributed by atoms with Crippen LogP contribution in [0.15, 0.2) is 0 Å². The van der Waals surface area contributed by atoms with Gasteiger partial charge in [-0.2, -0.15) is 0 Å². The van der Waals surface area contributed by atoms with Crippen LogP contribution in [0.5, 0.6) is 0 Å². The normalized spacial score (nSPS) is 11.1. The molecule has 0 atom stereocenters. The van der Waals surface area contributed by atoms with Gasteiger partial charge in [-0.25, -0.2) is 9.48 Å². The fourth-order valence-corrected chi connectivity index (χ4v) is 1.72. The van der Waals surface area contributed by atoms with E-state index in [1.807, 2.05) is 0 Å². The van der Waals surface area contributed by atoms with E-state index in [1.165, 1.54) is 7.11 Å². The number of hydrogen-bond acceptors (Lipinski definition) is 4. The monoisotopic (exact) mass is 241 g/mol. The summed E-state index contributed by atoms with van der Waals surface area (Å²) >= 11 is 0. The Hall–Kier alpha value is -1.43. The molecule has 0 aliphatic carbocycles. The van der Waals surface area contributed by atoms with Gasteiger partial charge in [0.05, 0.1) is 12.3 Å². The van der Waals surface area contributed by atoms with Gasteiger partial charge in [-0.3, -0.25) is 0 Å². The van der Waals surface area contributed by atoms with Gasteiger partial charge < -0.3 is 9.84 Å². The minimum Gasteiger partial charge on any atom is -0.476 e. The predicted molar refractivity (Wildman–Crippen MR) is 61.8 cm³/mol. The van der Waals surface area contributed by atoms with Crippen LogP contribution in [0, 0.1) is 5.92 Å². The van der Waals surface area contributed by atoms with Gasteiger partial charge in [-0.1, -0.05) is 31.9 Å². The number of ether oxygens (including phenoxy) is 1. The Labute approximate surface area is 101 Å². The fourth-order valence-electron chi connectivity index (χ4n) is 1.72. The Morgan fingerprint density at radius 2 is 2.12 bits per heavy atom. The number of aromatic nitrogens is 3. The number of rotatable bonds is 7. The molecule has 0 bridgehead atoms. The van der Waals surface area contributed by atoms with Crippen LogP contribution >= 0.6 is 0 Å². The second kappa shape index (κ2) is 6.34. The number of nitrogens with zero attached hydrogens (tertiary/aromatic N) is 3. The van der Waals surface area contributed by atoms with Gasteiger partial charge in [0.25, 0.3) is 0 Å². The van der Waals surface area contributed by atoms with Crippen molar-refractivity contribution in [1.82, 2.24) is 15.0 Å². The Morgan fingerprint density at radius 1 is 1.47 bits per heavy atom. The zero-order chi connectivity index (χ0) is 12.8. The summed E-state index contributed by atoms with van der Waals surface area (Å²) in [6.07, 6.45) is 2.07. The van der Waals surface area contributed by atoms with Crippen LogP contribution < -0.4 is 0 Å². The number of carboxylic acids is 1. The van der Waals surface area contributed by atoms with E-state index in [9.17, 15) is 4.79 Å². The second-order valence-corrected chi connectivity index (χ2v) is 3.99. The van der Waals surface area contributed by atoms with Crippen molar-refractivity contribution < 1.29 is 14.6 Å². The highest BCUT2D eigenvalue weighted by atomic mass is 16.5. The zero-order valence-electron chi connectivity index (χ0n) is 10.5. The third-order valence-corrected chi connectivity index (χ3v) is 2.91. The first-order valence-corrected chi connectivity index (χ1v) is 5.78. The van der Waals surface area contributed by atoms with Crippen LogP contribution in [0.2, 0.25) is 0 Å². The largest absolute Gasteiger partial charge is 0.476 e. The lowest BCUT2D eigenvalue weighted by Crippen LogP contribution is -2.15. The van der Waals surface area contributed by atoms with E-state index < -0.39 is 5.97 Å². The van der Waals surface area contributed by atoms with E-state index in [0.29, 0.717) is 18.2 Å². The van der Waals surface area contributed by atoms with Crippen LogP contribution in [0.1, 0.15) is 42.9 Å². The highest BCUT2D eigenvalue weighted by molar-refractivity contribution is 5.86. The van der Waals surface area contributed by atoms with Crippen molar-refractivity contribution in [2.45, 2.75) is 39.8 Å². The maximum atomic E-state index is 11.0. The molecule has 1 N–H and O–H groups in total. The molecule has 6 nitrogen and oxygen atoms in total. The van der Waals surface area contributed by atoms with Gasteiger partial charge in [-0.15, -0.1) is 5.10 Å². The van der Waals surface area contributed by atoms with Crippen LogP contribution in [0.4, 0.5) is 0 Å². The van der Waals surface area contributed by atoms with Crippen molar-refractivity contribution in [3.63, 3.8) is 0 Å². The summed E-state index contributed by atoms with van der Waals surface area (Å²) in [5.41, 5.74) is 0.518. The quantitative estimate of drug-likeness (QED) is 0.783. The lowest BCUT2D eigenvalue weighted by Gasteiger charge is -2.13. The molecule has 1 rings (SSSR count). The summed E-state index contributed by atoms with van der Waals surface area (Å²) < 4.78 is 6.65. The molecule has 1 heterocycles. The Bertz CT molecular complexity index is 372. The summed E-state index contributed by atoms with van der Waals surface area (Å²) in [7, 11) is 1.53. The van der Waals surface area contributed by atoms with Crippen LogP contribution in [-0.2, 0) is 17.9 Å². The van der Waals surface area contributed by atoms with Gasteiger partial charge >= 0.3 is 5.97 Å². The van der Waals surface area contributed by atoms with Crippen molar-refractivity contribution in [2.24, 2.45) is 5.92 Å². The van der Waals surface area contributed by atoms with Gasteiger partial charge in [0.2, 0.25) is 0 Å². The van der Waals surface area contributed by atoms with E-state index >= 15 is 0 Å². The minimum atomic E-state index is -1.06. The molecule has 0 radical (unpaired) electrons. The number of hydrogen-bond donors (Lipinski definition) is 1. The summed E-state index contributed by atoms with van der Waals surface area (Å²) in [5.74, 6) is -0.582. The fraction of sp³-hybridized carbons (Fsp3) is 0.727. The summed E-state index contributed by atoms with van der Waals surface area (Å²) in [6.45, 7) is 5.12. The van der Waals surface area contributed by atoms with Crippen molar-refractivity contribution in [3.05, 3.63) is 11.4 Å². The highest BCUT2D eigenvalue weighted by Gasteiger charge is 2.19. The molecule has 0 amide bonds. The zero-order valence-corrected chi connectivity index (χ0v) is 10.5. The Morgan fingerprint density at radius 3 is 2.59 bits per heavy atom. The van der Waals surface area contributed by atoms with Gasteiger partial charge in [-0.05, 0) is 5.92 Å². The molecule has 0 fully saturated rings. The SMILES string of the molecule is CCC(CC)Cn1nnc(C(=O)O)c1COC. The number of aromatic carboxylic acids is 1. The van der Waals surface area contributed by atoms with Gasteiger partial charge in [0, 0.05) is 13.7 Å². The highest BCUT2D eigenvalue weighted by Crippen LogP contribution is 2.14. The predicted octanol–water partition coefficient (Wildman–Crippen LogP) is 1.56. The topological polar surface area (TPSA) is 77.2 Å². The van der Waals surface area contributed by atoms with E-state index in [4.69, 9.17) is 9.84 Å². The molecule has 0 unspecified atom stereocenters. The Balaban J connectivity index is 2.94. The summed E-state index contributed by atoms with van der Waals surface area (Å²) in [5, 5.41) is 16.6. The van der Waals surface area contributed by atoms with Crippen molar-refractivity contribution >= 4 is 5.97 Å². The molecule has 0 aromatic carbocycles. The molecule has 0 spiro atoms. The summed E-state index contributed by atoms with van der Waals surface area (Å²) in [6, 6.07) is 0.